The van der Waals surface area contributed by atoms with Gasteiger partial charge in [-0.2, -0.15) is 0 Å². The van der Waals surface area contributed by atoms with Gasteiger partial charge in [-0.3, -0.25) is 9.59 Å². The number of anilines is 1. The fraction of sp³-hybridized carbons (Fsp3) is 0.433. The molecule has 1 atom stereocenters. The maximum absolute atomic E-state index is 14.2. The van der Waals surface area contributed by atoms with Gasteiger partial charge < -0.3 is 15.0 Å². The molecule has 16 radical (unpaired) electrons. The van der Waals surface area contributed by atoms with Crippen LogP contribution in [0.25, 0.3) is 10.9 Å². The number of carbonyl (C=O) groups is 2. The van der Waals surface area contributed by atoms with Crippen molar-refractivity contribution in [1.29, 1.82) is 0 Å². The number of rotatable bonds is 8. The summed E-state index contributed by atoms with van der Waals surface area (Å²) in [6, 6.07) is 12.4. The second-order valence-corrected chi connectivity index (χ2v) is 14.2. The highest BCUT2D eigenvalue weighted by Gasteiger charge is 2.63. The van der Waals surface area contributed by atoms with Gasteiger partial charge in [0.05, 0.1) is 73.9 Å². The molecule has 16 heteroatoms. The van der Waals surface area contributed by atoms with E-state index in [-0.39, 0.29) is 36.2 Å². The molecular formula is C30H27B8BrClN3O3. The molecule has 2 aromatic carbocycles. The van der Waals surface area contributed by atoms with Crippen LogP contribution in [-0.4, -0.2) is 102 Å². The number of carbonyl (C=O) groups excluding carboxylic acids is 2. The molecule has 0 spiro atoms. The number of benzene rings is 2. The number of aromatic nitrogens is 1. The van der Waals surface area contributed by atoms with Gasteiger partial charge in [-0.15, -0.1) is 10.4 Å². The number of fused-ring (bicyclic) bond motifs is 1. The molecule has 0 aliphatic carbocycles. The zero-order valence-corrected chi connectivity index (χ0v) is 28.6. The van der Waals surface area contributed by atoms with Gasteiger partial charge in [-0.1, -0.05) is 45.7 Å². The second-order valence-electron chi connectivity index (χ2n) is 12.9. The summed E-state index contributed by atoms with van der Waals surface area (Å²) in [6.07, 6.45) is 0.464. The number of hydrogen-bond donors (Lipinski definition) is 1. The van der Waals surface area contributed by atoms with Gasteiger partial charge in [0.2, 0.25) is 0 Å². The highest BCUT2D eigenvalue weighted by molar-refractivity contribution is 9.10. The number of ether oxygens (including phenoxy) is 1. The molecule has 0 bridgehead atoms. The first-order valence-electron chi connectivity index (χ1n) is 14.5. The van der Waals surface area contributed by atoms with E-state index >= 15 is 0 Å². The quantitative estimate of drug-likeness (QED) is 0.293. The van der Waals surface area contributed by atoms with Crippen LogP contribution in [0.1, 0.15) is 61.0 Å². The number of esters is 1. The van der Waals surface area contributed by atoms with E-state index in [4.69, 9.17) is 84.1 Å². The van der Waals surface area contributed by atoms with Crippen LogP contribution in [0.5, 0.6) is 0 Å². The summed E-state index contributed by atoms with van der Waals surface area (Å²) in [5.41, 5.74) is 1.01. The molecule has 218 valence electrons. The zero-order chi connectivity index (χ0) is 34.6. The van der Waals surface area contributed by atoms with E-state index in [0.29, 0.717) is 32.4 Å². The van der Waals surface area contributed by atoms with Crippen molar-refractivity contribution in [3.8, 4) is 0 Å². The van der Waals surface area contributed by atoms with Crippen LogP contribution in [0.3, 0.4) is 0 Å². The maximum Gasteiger partial charge on any atom is 0.306 e. The molecule has 1 aromatic heterocycles. The van der Waals surface area contributed by atoms with Gasteiger partial charge in [-0.25, -0.2) is 4.98 Å². The lowest BCUT2D eigenvalue weighted by molar-refractivity contribution is -0.155. The SMILES string of the molecule is [B]C1([B])N(c2nc3ccc(Br)cc3c(C(=O)NCC(CCC(=O)OC(C)(C)C)c3ccccc3Cl)c2C)C([B])([B])C([B])([B])C1([B])[B]. The van der Waals surface area contributed by atoms with E-state index < -0.39 is 32.6 Å². The van der Waals surface area contributed by atoms with Crippen molar-refractivity contribution in [2.24, 2.45) is 0 Å². The van der Waals surface area contributed by atoms with Crippen molar-refractivity contribution in [3.05, 3.63) is 68.7 Å². The van der Waals surface area contributed by atoms with Crippen LogP contribution < -0.4 is 10.2 Å². The van der Waals surface area contributed by atoms with E-state index in [1.807, 2.05) is 12.1 Å². The minimum Gasteiger partial charge on any atom is -0.460 e. The number of nitrogens with zero attached hydrogens (tertiary/aromatic N) is 2. The molecule has 1 fully saturated rings. The summed E-state index contributed by atoms with van der Waals surface area (Å²) in [5.74, 6) is -1.18. The Balaban J connectivity index is 1.77. The average molecular weight is 679 g/mol. The van der Waals surface area contributed by atoms with Crippen LogP contribution in [0, 0.1) is 6.92 Å². The van der Waals surface area contributed by atoms with Crippen LogP contribution in [0.4, 0.5) is 5.82 Å². The van der Waals surface area contributed by atoms with E-state index in [1.54, 1.807) is 58.0 Å². The van der Waals surface area contributed by atoms with Crippen molar-refractivity contribution < 1.29 is 14.3 Å². The Morgan fingerprint density at radius 3 is 2.15 bits per heavy atom. The molecular weight excluding hydrogens is 652 g/mol. The Morgan fingerprint density at radius 1 is 1.00 bits per heavy atom. The van der Waals surface area contributed by atoms with Crippen LogP contribution >= 0.6 is 27.5 Å². The van der Waals surface area contributed by atoms with Crippen molar-refractivity contribution in [3.63, 3.8) is 0 Å². The Bertz CT molecular complexity index is 1660. The summed E-state index contributed by atoms with van der Waals surface area (Å²) in [5, 5.41) is -4.87. The summed E-state index contributed by atoms with van der Waals surface area (Å²) >= 11 is 10.0. The predicted molar refractivity (Wildman–Crippen MR) is 195 cm³/mol. The second kappa shape index (κ2) is 12.7. The van der Waals surface area contributed by atoms with Gasteiger partial charge in [0.15, 0.2) is 0 Å². The molecule has 46 heavy (non-hydrogen) atoms. The monoisotopic (exact) mass is 679 g/mol. The van der Waals surface area contributed by atoms with Crippen LogP contribution in [0.2, 0.25) is 15.5 Å². The van der Waals surface area contributed by atoms with Crippen molar-refractivity contribution in [2.45, 2.75) is 73.2 Å². The predicted octanol–water partition coefficient (Wildman–Crippen LogP) is 3.30. The zero-order valence-electron chi connectivity index (χ0n) is 26.2. The lowest BCUT2D eigenvalue weighted by Gasteiger charge is -2.49. The van der Waals surface area contributed by atoms with E-state index in [1.165, 1.54) is 0 Å². The fourth-order valence-electron chi connectivity index (χ4n) is 5.68. The Kier molecular flexibility index (Phi) is 10.2. The van der Waals surface area contributed by atoms with Gasteiger partial charge in [0, 0.05) is 39.3 Å². The van der Waals surface area contributed by atoms with Gasteiger partial charge in [0.1, 0.15) is 11.4 Å². The summed E-state index contributed by atoms with van der Waals surface area (Å²) in [7, 11) is 50.9. The highest BCUT2D eigenvalue weighted by Crippen LogP contribution is 2.64. The fourth-order valence-corrected chi connectivity index (χ4v) is 6.33. The van der Waals surface area contributed by atoms with E-state index in [9.17, 15) is 9.59 Å². The third-order valence-electron chi connectivity index (χ3n) is 8.32. The number of pyridine rings is 1. The molecule has 1 amide bonds. The molecule has 1 aliphatic rings. The summed E-state index contributed by atoms with van der Waals surface area (Å²) < 4.78 is 6.19. The molecule has 1 aliphatic heterocycles. The standard InChI is InChI=1S/C30H27B8BrClN3O3/c1-15-23(25(45)41-14-16(18-7-5-6-8-20(18)40)9-12-22(44)46-26(2,3)4)19-13-17(39)10-11-21(19)42-24(15)43-29(35,36)27(31,32)28(33,34)30(43,37)38/h5-8,10-11,13,16H,9,12,14H2,1-4H3,(H,41,45). The summed E-state index contributed by atoms with van der Waals surface area (Å²) in [6.45, 7) is 7.15. The van der Waals surface area contributed by atoms with Gasteiger partial charge in [0.25, 0.3) is 5.91 Å². The normalized spacial score (nSPS) is 18.6. The highest BCUT2D eigenvalue weighted by atomic mass is 79.9. The molecule has 1 N–H and O–H groups in total. The van der Waals surface area contributed by atoms with E-state index in [0.717, 1.165) is 10.5 Å². The minimum atomic E-state index is -2.22. The molecule has 4 rings (SSSR count). The van der Waals surface area contributed by atoms with Gasteiger partial charge in [-0.05, 0) is 74.6 Å². The third kappa shape index (κ3) is 6.49. The Labute approximate surface area is 295 Å². The molecule has 3 aromatic rings. The number of nitrogens with one attached hydrogen (secondary N) is 1. The first kappa shape index (κ1) is 36.7. The Morgan fingerprint density at radius 2 is 1.59 bits per heavy atom. The molecule has 1 saturated heterocycles. The lowest BCUT2D eigenvalue weighted by Crippen LogP contribution is -2.60. The first-order chi connectivity index (χ1) is 21.0. The largest absolute Gasteiger partial charge is 0.460 e. The topological polar surface area (TPSA) is 71.5 Å². The number of amides is 1. The number of hydrogen-bond acceptors (Lipinski definition) is 5. The lowest BCUT2D eigenvalue weighted by atomic mass is 9.17. The van der Waals surface area contributed by atoms with Gasteiger partial charge >= 0.3 is 5.97 Å². The van der Waals surface area contributed by atoms with E-state index in [2.05, 4.69) is 21.2 Å². The third-order valence-corrected chi connectivity index (χ3v) is 9.16. The number of halogens is 2. The molecule has 6 nitrogen and oxygen atoms in total. The van der Waals surface area contributed by atoms with Crippen molar-refractivity contribution in [1.82, 2.24) is 10.3 Å². The van der Waals surface area contributed by atoms with Crippen molar-refractivity contribution in [2.75, 3.05) is 11.4 Å². The molecule has 1 unspecified atom stereocenters. The van der Waals surface area contributed by atoms with Crippen molar-refractivity contribution >= 4 is 119 Å². The average Bonchev–Trinajstić information content (AvgIpc) is 2.99. The smallest absolute Gasteiger partial charge is 0.306 e. The van der Waals surface area contributed by atoms with Crippen LogP contribution in [0.15, 0.2) is 46.9 Å². The minimum absolute atomic E-state index is 0.000557. The van der Waals surface area contributed by atoms with Crippen LogP contribution in [-0.2, 0) is 9.53 Å². The molecule has 0 saturated carbocycles. The Hall–Kier alpha value is -2.12. The summed E-state index contributed by atoms with van der Waals surface area (Å²) in [4.78, 5) is 32.5. The maximum atomic E-state index is 14.2. The first-order valence-corrected chi connectivity index (χ1v) is 15.7. The molecule has 2 heterocycles.